The number of nitrogens with one attached hydrogen (secondary N) is 3. The molecule has 1 saturated heterocycles. The number of carbonyl (C=O) groups is 4. The lowest BCUT2D eigenvalue weighted by Crippen LogP contribution is -2.59. The van der Waals surface area contributed by atoms with Gasteiger partial charge in [-0.15, -0.1) is 0 Å². The third kappa shape index (κ3) is 11.5. The van der Waals surface area contributed by atoms with E-state index in [1.54, 1.807) is 52.0 Å². The van der Waals surface area contributed by atoms with E-state index < -0.39 is 48.4 Å². The fraction of sp³-hybridized carbons (Fsp3) is 0.744. The van der Waals surface area contributed by atoms with E-state index in [1.807, 2.05) is 71.9 Å². The Morgan fingerprint density at radius 3 is 2.04 bits per heavy atom. The predicted molar refractivity (Wildman–Crippen MR) is 200 cm³/mol. The monoisotopic (exact) mass is 718 g/mol. The highest BCUT2D eigenvalue weighted by Gasteiger charge is 2.43. The second-order valence-corrected chi connectivity index (χ2v) is 15.0. The van der Waals surface area contributed by atoms with E-state index in [0.29, 0.717) is 18.5 Å². The van der Waals surface area contributed by atoms with Gasteiger partial charge in [0.15, 0.2) is 0 Å². The quantitative estimate of drug-likeness (QED) is 0.160. The lowest BCUT2D eigenvalue weighted by Gasteiger charge is -2.41. The molecular weight excluding hydrogens is 650 g/mol. The minimum atomic E-state index is -0.875. The molecule has 0 spiro atoms. The van der Waals surface area contributed by atoms with Crippen LogP contribution in [0.2, 0.25) is 0 Å². The van der Waals surface area contributed by atoms with Gasteiger partial charge in [-0.25, -0.2) is 0 Å². The molecule has 51 heavy (non-hydrogen) atoms. The van der Waals surface area contributed by atoms with Gasteiger partial charge in [0.2, 0.25) is 23.6 Å². The van der Waals surface area contributed by atoms with Gasteiger partial charge in [-0.1, -0.05) is 85.2 Å². The number of benzene rings is 1. The first-order valence-corrected chi connectivity index (χ1v) is 18.7. The number of hydrogen-bond donors (Lipinski definition) is 4. The van der Waals surface area contributed by atoms with Gasteiger partial charge in [0, 0.05) is 27.8 Å². The summed E-state index contributed by atoms with van der Waals surface area (Å²) in [5.41, 5.74) is 0.711. The van der Waals surface area contributed by atoms with Crippen molar-refractivity contribution in [1.82, 2.24) is 25.8 Å². The highest BCUT2D eigenvalue weighted by Crippen LogP contribution is 2.30. The topological polar surface area (TPSA) is 150 Å². The zero-order chi connectivity index (χ0) is 38.6. The smallest absolute Gasteiger partial charge is 0.245 e. The minimum Gasteiger partial charge on any atom is -0.386 e. The molecule has 0 aromatic heterocycles. The normalized spacial score (nSPS) is 20.1. The van der Waals surface area contributed by atoms with Gasteiger partial charge in [0.1, 0.15) is 6.04 Å². The van der Waals surface area contributed by atoms with Crippen molar-refractivity contribution in [3.8, 4) is 0 Å². The fourth-order valence-electron chi connectivity index (χ4n) is 7.42. The fourth-order valence-corrected chi connectivity index (χ4v) is 7.42. The molecule has 4 amide bonds. The molecular formula is C39H67N5O7. The maximum Gasteiger partial charge on any atom is 0.245 e. The Morgan fingerprint density at radius 2 is 1.53 bits per heavy atom. The van der Waals surface area contributed by atoms with Crippen LogP contribution in [0.3, 0.4) is 0 Å². The lowest BCUT2D eigenvalue weighted by atomic mass is 9.89. The summed E-state index contributed by atoms with van der Waals surface area (Å²) in [4.78, 5) is 58.3. The number of aliphatic hydroxyl groups excluding tert-OH is 1. The van der Waals surface area contributed by atoms with Crippen molar-refractivity contribution in [2.45, 2.75) is 130 Å². The van der Waals surface area contributed by atoms with E-state index in [0.717, 1.165) is 12.8 Å². The maximum absolute atomic E-state index is 14.1. The van der Waals surface area contributed by atoms with Gasteiger partial charge in [-0.3, -0.25) is 19.2 Å². The molecule has 0 aliphatic carbocycles. The summed E-state index contributed by atoms with van der Waals surface area (Å²) in [7, 11) is 6.57. The van der Waals surface area contributed by atoms with E-state index in [4.69, 9.17) is 9.47 Å². The van der Waals surface area contributed by atoms with Crippen LogP contribution in [0.4, 0.5) is 0 Å². The number of rotatable bonds is 20. The molecule has 12 nitrogen and oxygen atoms in total. The van der Waals surface area contributed by atoms with Crippen molar-refractivity contribution in [2.24, 2.45) is 23.7 Å². The summed E-state index contributed by atoms with van der Waals surface area (Å²) in [6.07, 6.45) is 0.147. The van der Waals surface area contributed by atoms with Crippen LogP contribution in [0, 0.1) is 23.7 Å². The first kappa shape index (κ1) is 44.1. The number of nitrogens with zero attached hydrogens (tertiary/aromatic N) is 2. The standard InChI is InChI=1S/C39H67N5O7/c1-13-25(6)34(43(10)39(49)33(24(4)5)42-38(48)32(40-9)23(2)3)30(50-11)22-31(45)44-21-17-20-29(44)36(51-12)26(7)37(47)41-27(8)35(46)28-18-15-14-16-19-28/h14-16,18-19,23-27,29-30,32-36,40,46H,13,17,20-22H2,1-12H3,(H,41,47)(H,42,48)/t25?,26?,27?,29-,30?,32?,33-,34?,35+,36?/m0/s1. The van der Waals surface area contributed by atoms with E-state index >= 15 is 0 Å². The largest absolute Gasteiger partial charge is 0.386 e. The summed E-state index contributed by atoms with van der Waals surface area (Å²) in [6.45, 7) is 15.9. The van der Waals surface area contributed by atoms with Crippen LogP contribution in [0.25, 0.3) is 0 Å². The van der Waals surface area contributed by atoms with Crippen LogP contribution in [-0.4, -0.2) is 116 Å². The van der Waals surface area contributed by atoms with Crippen LogP contribution in [0.15, 0.2) is 30.3 Å². The Morgan fingerprint density at radius 1 is 0.922 bits per heavy atom. The molecule has 0 bridgehead atoms. The zero-order valence-electron chi connectivity index (χ0n) is 33.1. The van der Waals surface area contributed by atoms with Gasteiger partial charge in [-0.2, -0.15) is 0 Å². The first-order valence-electron chi connectivity index (χ1n) is 18.7. The van der Waals surface area contributed by atoms with E-state index in [9.17, 15) is 24.3 Å². The number of hydrogen-bond acceptors (Lipinski definition) is 8. The molecule has 1 heterocycles. The predicted octanol–water partition coefficient (Wildman–Crippen LogP) is 3.53. The van der Waals surface area contributed by atoms with Crippen molar-refractivity contribution in [3.63, 3.8) is 0 Å². The maximum atomic E-state index is 14.1. The average molecular weight is 718 g/mol. The number of ether oxygens (including phenoxy) is 2. The van der Waals surface area contributed by atoms with Crippen LogP contribution < -0.4 is 16.0 Å². The number of carbonyl (C=O) groups excluding carboxylic acids is 4. The molecule has 12 heteroatoms. The SMILES string of the molecule is CCC(C)C(C(CC(=O)N1CCC[C@H]1C(OC)C(C)C(=O)NC(C)[C@@H](O)c1ccccc1)OC)N(C)C(=O)[C@@H](NC(=O)C(NC)C(C)C)C(C)C. The highest BCUT2D eigenvalue weighted by atomic mass is 16.5. The van der Waals surface area contributed by atoms with Crippen LogP contribution in [-0.2, 0) is 28.7 Å². The molecule has 0 radical (unpaired) electrons. The summed E-state index contributed by atoms with van der Waals surface area (Å²) >= 11 is 0. The Labute approximate surface area is 306 Å². The van der Waals surface area contributed by atoms with Gasteiger partial charge < -0.3 is 40.3 Å². The molecule has 1 fully saturated rings. The van der Waals surface area contributed by atoms with Gasteiger partial charge in [0.25, 0.3) is 0 Å². The van der Waals surface area contributed by atoms with Crippen molar-refractivity contribution in [3.05, 3.63) is 35.9 Å². The van der Waals surface area contributed by atoms with Gasteiger partial charge in [-0.05, 0) is 50.1 Å². The van der Waals surface area contributed by atoms with Crippen LogP contribution in [0.5, 0.6) is 0 Å². The summed E-state index contributed by atoms with van der Waals surface area (Å²) in [5, 5.41) is 19.8. The van der Waals surface area contributed by atoms with Crippen LogP contribution in [0.1, 0.15) is 92.7 Å². The molecule has 1 aromatic rings. The average Bonchev–Trinajstić information content (AvgIpc) is 3.59. The number of methoxy groups -OCH3 is 2. The van der Waals surface area contributed by atoms with Crippen molar-refractivity contribution in [2.75, 3.05) is 34.9 Å². The highest BCUT2D eigenvalue weighted by molar-refractivity contribution is 5.90. The molecule has 7 unspecified atom stereocenters. The summed E-state index contributed by atoms with van der Waals surface area (Å²) in [5.74, 6) is -1.62. The Kier molecular flexibility index (Phi) is 18.0. The number of likely N-dealkylation sites (tertiary alicyclic amines) is 1. The molecule has 10 atom stereocenters. The summed E-state index contributed by atoms with van der Waals surface area (Å²) < 4.78 is 11.9. The van der Waals surface area contributed by atoms with Crippen molar-refractivity contribution < 1.29 is 33.8 Å². The number of amides is 4. The van der Waals surface area contributed by atoms with Crippen molar-refractivity contribution in [1.29, 1.82) is 0 Å². The minimum absolute atomic E-state index is 0.0148. The molecule has 290 valence electrons. The molecule has 1 aliphatic rings. The Hall–Kier alpha value is -3.06. The van der Waals surface area contributed by atoms with E-state index in [-0.39, 0.29) is 53.8 Å². The Balaban J connectivity index is 2.24. The van der Waals surface area contributed by atoms with Gasteiger partial charge >= 0.3 is 0 Å². The van der Waals surface area contributed by atoms with Crippen LogP contribution >= 0.6 is 0 Å². The third-order valence-electron chi connectivity index (χ3n) is 10.7. The molecule has 1 aromatic carbocycles. The van der Waals surface area contributed by atoms with Gasteiger partial charge in [0.05, 0.1) is 54.8 Å². The first-order chi connectivity index (χ1) is 24.0. The van der Waals surface area contributed by atoms with Crippen molar-refractivity contribution >= 4 is 23.6 Å². The van der Waals surface area contributed by atoms with E-state index in [1.165, 1.54) is 0 Å². The third-order valence-corrected chi connectivity index (χ3v) is 10.7. The Bertz CT molecular complexity index is 1250. The summed E-state index contributed by atoms with van der Waals surface area (Å²) in [6, 6.07) is 6.67. The molecule has 2 rings (SSSR count). The molecule has 0 saturated carbocycles. The molecule has 1 aliphatic heterocycles. The lowest BCUT2D eigenvalue weighted by molar-refractivity contribution is -0.148. The number of aliphatic hydroxyl groups is 1. The second-order valence-electron chi connectivity index (χ2n) is 15.0. The second kappa shape index (κ2) is 20.8. The zero-order valence-corrected chi connectivity index (χ0v) is 33.1. The number of likely N-dealkylation sites (N-methyl/N-ethyl adjacent to an activating group) is 2. The molecule has 4 N–H and O–H groups in total. The van der Waals surface area contributed by atoms with E-state index in [2.05, 4.69) is 16.0 Å².